The first-order chi connectivity index (χ1) is 10.1. The van der Waals surface area contributed by atoms with Crippen LogP contribution in [0.15, 0.2) is 46.7 Å². The molecule has 0 atom stereocenters. The van der Waals surface area contributed by atoms with Gasteiger partial charge in [-0.3, -0.25) is 4.79 Å². The summed E-state index contributed by atoms with van der Waals surface area (Å²) in [5, 5.41) is 9.64. The van der Waals surface area contributed by atoms with Gasteiger partial charge in [0.05, 0.1) is 22.0 Å². The second-order valence-electron chi connectivity index (χ2n) is 5.08. The van der Waals surface area contributed by atoms with Gasteiger partial charge in [0.25, 0.3) is 5.91 Å². The van der Waals surface area contributed by atoms with Gasteiger partial charge >= 0.3 is 0 Å². The molecule has 4 nitrogen and oxygen atoms in total. The number of para-hydroxylation sites is 1. The quantitative estimate of drug-likeness (QED) is 0.849. The Morgan fingerprint density at radius 1 is 1.33 bits per heavy atom. The molecule has 0 saturated heterocycles. The molecule has 3 rings (SSSR count). The number of likely N-dealkylation sites (N-methyl/N-ethyl adjacent to an activating group) is 1. The van der Waals surface area contributed by atoms with Gasteiger partial charge in [-0.25, -0.2) is 5.01 Å². The lowest BCUT2D eigenvalue weighted by atomic mass is 10.00. The summed E-state index contributed by atoms with van der Waals surface area (Å²) in [6.07, 6.45) is 3.51. The molecule has 0 fully saturated rings. The van der Waals surface area contributed by atoms with Crippen molar-refractivity contribution in [2.45, 2.75) is 19.8 Å². The summed E-state index contributed by atoms with van der Waals surface area (Å²) in [4.78, 5) is 12.3. The highest BCUT2D eigenvalue weighted by Gasteiger charge is 2.31. The number of halogens is 1. The van der Waals surface area contributed by atoms with Gasteiger partial charge in [-0.1, -0.05) is 43.1 Å². The first-order valence-electron chi connectivity index (χ1n) is 6.95. The van der Waals surface area contributed by atoms with Gasteiger partial charge in [-0.15, -0.1) is 0 Å². The molecule has 0 aromatic heterocycles. The number of carbonyl (C=O) groups is 1. The van der Waals surface area contributed by atoms with Gasteiger partial charge < -0.3 is 5.32 Å². The van der Waals surface area contributed by atoms with Crippen LogP contribution in [0, 0.1) is 0 Å². The van der Waals surface area contributed by atoms with E-state index in [1.807, 2.05) is 30.3 Å². The number of rotatable bonds is 2. The largest absolute Gasteiger partial charge is 0.354 e. The van der Waals surface area contributed by atoms with Crippen LogP contribution in [-0.2, 0) is 4.79 Å². The van der Waals surface area contributed by atoms with E-state index in [4.69, 9.17) is 11.6 Å². The summed E-state index contributed by atoms with van der Waals surface area (Å²) in [5.74, 6) is -0.0963. The van der Waals surface area contributed by atoms with E-state index in [1.54, 1.807) is 7.05 Å². The molecule has 1 N–H and O–H groups in total. The molecule has 0 aliphatic carbocycles. The zero-order valence-corrected chi connectivity index (χ0v) is 12.7. The predicted molar refractivity (Wildman–Crippen MR) is 86.0 cm³/mol. The van der Waals surface area contributed by atoms with Crippen molar-refractivity contribution in [2.75, 3.05) is 12.4 Å². The fraction of sp³-hybridized carbons (Fsp3) is 0.250. The van der Waals surface area contributed by atoms with Gasteiger partial charge in [0.2, 0.25) is 0 Å². The maximum absolute atomic E-state index is 12.3. The SMILES string of the molecule is CCCC1=NN(C)C(=O)C1=C1C=C(Cl)c2ccccc2N1. The fourth-order valence-electron chi connectivity index (χ4n) is 2.56. The normalized spacial score (nSPS) is 20.9. The molecule has 1 amide bonds. The van der Waals surface area contributed by atoms with E-state index in [0.29, 0.717) is 10.6 Å². The molecular weight excluding hydrogens is 286 g/mol. The molecular formula is C16H16ClN3O. The third-order valence-electron chi connectivity index (χ3n) is 3.55. The van der Waals surface area contributed by atoms with Gasteiger partial charge in [0, 0.05) is 18.3 Å². The molecule has 5 heteroatoms. The van der Waals surface area contributed by atoms with Crippen molar-refractivity contribution >= 4 is 33.9 Å². The molecule has 0 unspecified atom stereocenters. The molecule has 0 bridgehead atoms. The number of benzene rings is 1. The Hall–Kier alpha value is -2.07. The van der Waals surface area contributed by atoms with E-state index in [1.165, 1.54) is 5.01 Å². The Morgan fingerprint density at radius 3 is 2.86 bits per heavy atom. The Kier molecular flexibility index (Phi) is 3.55. The van der Waals surface area contributed by atoms with Crippen molar-refractivity contribution in [3.63, 3.8) is 0 Å². The van der Waals surface area contributed by atoms with E-state index >= 15 is 0 Å². The highest BCUT2D eigenvalue weighted by atomic mass is 35.5. The molecule has 108 valence electrons. The summed E-state index contributed by atoms with van der Waals surface area (Å²) in [7, 11) is 1.67. The van der Waals surface area contributed by atoms with Crippen molar-refractivity contribution in [1.82, 2.24) is 5.01 Å². The van der Waals surface area contributed by atoms with Crippen LogP contribution in [0.25, 0.3) is 5.03 Å². The lowest BCUT2D eigenvalue weighted by Crippen LogP contribution is -2.21. The number of carbonyl (C=O) groups excluding carboxylic acids is 1. The standard InChI is InChI=1S/C16H16ClN3O/c1-3-6-13-15(16(21)20(2)19-13)14-9-11(17)10-7-4-5-8-12(10)18-14/h4-5,7-9,18H,3,6H2,1-2H3. The van der Waals surface area contributed by atoms with Crippen LogP contribution in [0.2, 0.25) is 0 Å². The van der Waals surface area contributed by atoms with Crippen molar-refractivity contribution in [3.05, 3.63) is 47.2 Å². The fourth-order valence-corrected chi connectivity index (χ4v) is 2.84. The summed E-state index contributed by atoms with van der Waals surface area (Å²) in [6.45, 7) is 2.07. The van der Waals surface area contributed by atoms with Gasteiger partial charge in [0.15, 0.2) is 0 Å². The molecule has 0 radical (unpaired) electrons. The predicted octanol–water partition coefficient (Wildman–Crippen LogP) is 3.57. The van der Waals surface area contributed by atoms with Crippen LogP contribution < -0.4 is 5.32 Å². The lowest BCUT2D eigenvalue weighted by molar-refractivity contribution is -0.124. The number of hydrazone groups is 1. The molecule has 2 heterocycles. The van der Waals surface area contributed by atoms with Gasteiger partial charge in [-0.05, 0) is 18.6 Å². The number of nitrogens with one attached hydrogen (secondary N) is 1. The Labute approximate surface area is 128 Å². The molecule has 0 spiro atoms. The number of amides is 1. The van der Waals surface area contributed by atoms with Crippen molar-refractivity contribution in [2.24, 2.45) is 5.10 Å². The Bertz CT molecular complexity index is 703. The van der Waals surface area contributed by atoms with E-state index in [2.05, 4.69) is 17.3 Å². The molecule has 21 heavy (non-hydrogen) atoms. The second kappa shape index (κ2) is 5.37. The number of allylic oxidation sites excluding steroid dienone is 1. The lowest BCUT2D eigenvalue weighted by Gasteiger charge is -2.20. The van der Waals surface area contributed by atoms with E-state index in [0.717, 1.165) is 35.5 Å². The zero-order valence-electron chi connectivity index (χ0n) is 12.0. The number of nitrogens with zero attached hydrogens (tertiary/aromatic N) is 2. The average Bonchev–Trinajstić information content (AvgIpc) is 2.74. The molecule has 0 saturated carbocycles. The first-order valence-corrected chi connectivity index (χ1v) is 7.33. The third kappa shape index (κ3) is 2.36. The number of fused-ring (bicyclic) bond motifs is 1. The average molecular weight is 302 g/mol. The van der Waals surface area contributed by atoms with Crippen molar-refractivity contribution in [3.8, 4) is 0 Å². The number of hydrogen-bond donors (Lipinski definition) is 1. The maximum atomic E-state index is 12.3. The highest BCUT2D eigenvalue weighted by Crippen LogP contribution is 2.35. The Morgan fingerprint density at radius 2 is 2.10 bits per heavy atom. The summed E-state index contributed by atoms with van der Waals surface area (Å²) in [6, 6.07) is 7.78. The van der Waals surface area contributed by atoms with Gasteiger partial charge in [0.1, 0.15) is 0 Å². The first kappa shape index (κ1) is 13.9. The topological polar surface area (TPSA) is 44.7 Å². The highest BCUT2D eigenvalue weighted by molar-refractivity contribution is 6.50. The van der Waals surface area contributed by atoms with Crippen LogP contribution in [-0.4, -0.2) is 23.7 Å². The minimum absolute atomic E-state index is 0.0963. The minimum atomic E-state index is -0.0963. The van der Waals surface area contributed by atoms with E-state index < -0.39 is 0 Å². The van der Waals surface area contributed by atoms with Gasteiger partial charge in [-0.2, -0.15) is 5.10 Å². The van der Waals surface area contributed by atoms with Crippen LogP contribution in [0.4, 0.5) is 5.69 Å². The van der Waals surface area contributed by atoms with E-state index in [9.17, 15) is 4.79 Å². The molecule has 1 aromatic carbocycles. The monoisotopic (exact) mass is 301 g/mol. The second-order valence-corrected chi connectivity index (χ2v) is 5.48. The summed E-state index contributed by atoms with van der Waals surface area (Å²) in [5.41, 5.74) is 4.00. The van der Waals surface area contributed by atoms with Crippen LogP contribution in [0.3, 0.4) is 0 Å². The zero-order chi connectivity index (χ0) is 15.0. The van der Waals surface area contributed by atoms with Crippen LogP contribution >= 0.6 is 11.6 Å². The Balaban J connectivity index is 2.10. The number of anilines is 1. The molecule has 2 aliphatic heterocycles. The number of hydrogen-bond acceptors (Lipinski definition) is 3. The minimum Gasteiger partial charge on any atom is -0.354 e. The summed E-state index contributed by atoms with van der Waals surface area (Å²) >= 11 is 6.35. The van der Waals surface area contributed by atoms with Crippen LogP contribution in [0.1, 0.15) is 25.3 Å². The third-order valence-corrected chi connectivity index (χ3v) is 3.86. The molecule has 2 aliphatic rings. The maximum Gasteiger partial charge on any atom is 0.277 e. The van der Waals surface area contributed by atoms with Crippen molar-refractivity contribution in [1.29, 1.82) is 0 Å². The smallest absolute Gasteiger partial charge is 0.277 e. The van der Waals surface area contributed by atoms with Crippen LogP contribution in [0.5, 0.6) is 0 Å². The van der Waals surface area contributed by atoms with E-state index in [-0.39, 0.29) is 5.91 Å². The summed E-state index contributed by atoms with van der Waals surface area (Å²) < 4.78 is 0. The molecule has 1 aromatic rings. The van der Waals surface area contributed by atoms with Crippen molar-refractivity contribution < 1.29 is 4.79 Å².